The first-order valence-corrected chi connectivity index (χ1v) is 9.23. The molecule has 3 rings (SSSR count). The molecule has 0 unspecified atom stereocenters. The molecule has 0 spiro atoms. The topological polar surface area (TPSA) is 50.7 Å². The normalized spacial score (nSPS) is 25.6. The van der Waals surface area contributed by atoms with Crippen LogP contribution in [-0.4, -0.2) is 73.5 Å². The van der Waals surface area contributed by atoms with Crippen LogP contribution in [0.1, 0.15) is 32.0 Å². The largest absolute Gasteiger partial charge is 0.380 e. The second-order valence-corrected chi connectivity index (χ2v) is 6.77. The lowest BCUT2D eigenvalue weighted by Gasteiger charge is -2.23. The van der Waals surface area contributed by atoms with Crippen molar-refractivity contribution in [3.8, 4) is 0 Å². The molecule has 2 saturated heterocycles. The molecule has 0 N–H and O–H groups in total. The molecule has 0 radical (unpaired) electrons. The average molecular weight is 334 g/mol. The lowest BCUT2D eigenvalue weighted by Crippen LogP contribution is -2.34. The number of hydrogen-bond donors (Lipinski definition) is 0. The van der Waals surface area contributed by atoms with Crippen LogP contribution < -0.4 is 4.90 Å². The monoisotopic (exact) mass is 334 g/mol. The van der Waals surface area contributed by atoms with E-state index in [0.717, 1.165) is 76.7 Å². The summed E-state index contributed by atoms with van der Waals surface area (Å²) >= 11 is 0. The molecule has 2 fully saturated rings. The van der Waals surface area contributed by atoms with Crippen LogP contribution in [0.5, 0.6) is 0 Å². The van der Waals surface area contributed by atoms with Crippen molar-refractivity contribution in [3.63, 3.8) is 0 Å². The molecule has 2 atom stereocenters. The van der Waals surface area contributed by atoms with Gasteiger partial charge in [0.2, 0.25) is 0 Å². The van der Waals surface area contributed by atoms with Gasteiger partial charge in [-0.3, -0.25) is 4.90 Å². The highest BCUT2D eigenvalue weighted by Gasteiger charge is 2.28. The fourth-order valence-electron chi connectivity index (χ4n) is 3.40. The molecule has 0 aromatic carbocycles. The number of anilines is 1. The maximum Gasteiger partial charge on any atom is 0.133 e. The first-order valence-electron chi connectivity index (χ1n) is 9.23. The highest BCUT2D eigenvalue weighted by atomic mass is 16.5. The number of aromatic nitrogens is 2. The van der Waals surface area contributed by atoms with Gasteiger partial charge >= 0.3 is 0 Å². The Bertz CT molecular complexity index is 506. The standard InChI is InChI=1S/C18H30N4O2/c1-3-21(2)18-7-8-19-17(20-18)13-15-5-6-16(24-15)14-22-9-4-11-23-12-10-22/h7-8,15-16H,3-6,9-14H2,1-2H3/t15-,16+/m0/s1. The fourth-order valence-corrected chi connectivity index (χ4v) is 3.40. The van der Waals surface area contributed by atoms with Crippen LogP contribution in [0.15, 0.2) is 12.3 Å². The second kappa shape index (κ2) is 8.74. The van der Waals surface area contributed by atoms with Crippen LogP contribution in [0.4, 0.5) is 5.82 Å². The minimum absolute atomic E-state index is 0.250. The predicted molar refractivity (Wildman–Crippen MR) is 94.5 cm³/mol. The molecule has 1 aromatic rings. The van der Waals surface area contributed by atoms with Gasteiger partial charge in [0.1, 0.15) is 11.6 Å². The molecule has 0 aliphatic carbocycles. The third-order valence-corrected chi connectivity index (χ3v) is 4.94. The molecule has 0 saturated carbocycles. The number of nitrogens with zero attached hydrogens (tertiary/aromatic N) is 4. The molecule has 2 aliphatic heterocycles. The van der Waals surface area contributed by atoms with Gasteiger partial charge in [0.15, 0.2) is 0 Å². The van der Waals surface area contributed by atoms with Gasteiger partial charge in [0, 0.05) is 52.5 Å². The summed E-state index contributed by atoms with van der Waals surface area (Å²) in [6.45, 7) is 7.99. The fraction of sp³-hybridized carbons (Fsp3) is 0.778. The average Bonchev–Trinajstić information content (AvgIpc) is 2.87. The molecular weight excluding hydrogens is 304 g/mol. The van der Waals surface area contributed by atoms with E-state index in [4.69, 9.17) is 9.47 Å². The maximum atomic E-state index is 6.26. The van der Waals surface area contributed by atoms with Gasteiger partial charge in [-0.15, -0.1) is 0 Å². The maximum absolute atomic E-state index is 6.26. The Labute approximate surface area is 145 Å². The van der Waals surface area contributed by atoms with Gasteiger partial charge in [-0.25, -0.2) is 9.97 Å². The van der Waals surface area contributed by atoms with E-state index in [1.807, 2.05) is 12.3 Å². The van der Waals surface area contributed by atoms with Crippen molar-refractivity contribution in [2.75, 3.05) is 51.3 Å². The lowest BCUT2D eigenvalue weighted by molar-refractivity contribution is 0.0220. The zero-order valence-electron chi connectivity index (χ0n) is 15.0. The van der Waals surface area contributed by atoms with Crippen molar-refractivity contribution in [2.45, 2.75) is 44.8 Å². The van der Waals surface area contributed by atoms with Gasteiger partial charge in [0.05, 0.1) is 18.8 Å². The third-order valence-electron chi connectivity index (χ3n) is 4.94. The Kier molecular flexibility index (Phi) is 6.40. The summed E-state index contributed by atoms with van der Waals surface area (Å²) in [6, 6.07) is 1.96. The Balaban J connectivity index is 1.49. The van der Waals surface area contributed by atoms with Crippen molar-refractivity contribution in [2.24, 2.45) is 0 Å². The van der Waals surface area contributed by atoms with Gasteiger partial charge in [-0.2, -0.15) is 0 Å². The molecular formula is C18H30N4O2. The second-order valence-electron chi connectivity index (χ2n) is 6.77. The summed E-state index contributed by atoms with van der Waals surface area (Å²) in [7, 11) is 2.05. The number of ether oxygens (including phenoxy) is 2. The van der Waals surface area contributed by atoms with Crippen LogP contribution in [0.3, 0.4) is 0 Å². The molecule has 6 nitrogen and oxygen atoms in total. The zero-order valence-corrected chi connectivity index (χ0v) is 15.0. The van der Waals surface area contributed by atoms with E-state index in [9.17, 15) is 0 Å². The SMILES string of the molecule is CCN(C)c1ccnc(C[C@@H]2CC[C@H](CN3CCCOCC3)O2)n1. The highest BCUT2D eigenvalue weighted by molar-refractivity contribution is 5.35. The van der Waals surface area contributed by atoms with E-state index < -0.39 is 0 Å². The van der Waals surface area contributed by atoms with Gasteiger partial charge in [0.25, 0.3) is 0 Å². The molecule has 2 aliphatic rings. The molecule has 1 aromatic heterocycles. The summed E-state index contributed by atoms with van der Waals surface area (Å²) in [5, 5.41) is 0. The van der Waals surface area contributed by atoms with Crippen molar-refractivity contribution >= 4 is 5.82 Å². The summed E-state index contributed by atoms with van der Waals surface area (Å²) in [6.07, 6.45) is 6.62. The molecule has 0 amide bonds. The van der Waals surface area contributed by atoms with Gasteiger partial charge in [-0.1, -0.05) is 0 Å². The van der Waals surface area contributed by atoms with Crippen LogP contribution in [-0.2, 0) is 15.9 Å². The summed E-state index contributed by atoms with van der Waals surface area (Å²) in [4.78, 5) is 13.7. The van der Waals surface area contributed by atoms with Crippen molar-refractivity contribution < 1.29 is 9.47 Å². The van der Waals surface area contributed by atoms with Crippen molar-refractivity contribution in [1.29, 1.82) is 0 Å². The van der Waals surface area contributed by atoms with Crippen LogP contribution >= 0.6 is 0 Å². The van der Waals surface area contributed by atoms with E-state index in [0.29, 0.717) is 6.10 Å². The Hall–Kier alpha value is -1.24. The lowest BCUT2D eigenvalue weighted by atomic mass is 10.1. The van der Waals surface area contributed by atoms with E-state index in [-0.39, 0.29) is 6.10 Å². The smallest absolute Gasteiger partial charge is 0.133 e. The Morgan fingerprint density at radius 2 is 2.12 bits per heavy atom. The summed E-state index contributed by atoms with van der Waals surface area (Å²) in [5.41, 5.74) is 0. The zero-order chi connectivity index (χ0) is 16.8. The van der Waals surface area contributed by atoms with Crippen molar-refractivity contribution in [3.05, 3.63) is 18.1 Å². The number of rotatable bonds is 6. The summed E-state index contributed by atoms with van der Waals surface area (Å²) < 4.78 is 11.8. The molecule has 3 heterocycles. The highest BCUT2D eigenvalue weighted by Crippen LogP contribution is 2.23. The molecule has 0 bridgehead atoms. The van der Waals surface area contributed by atoms with Gasteiger partial charge < -0.3 is 14.4 Å². The molecule has 6 heteroatoms. The van der Waals surface area contributed by atoms with E-state index >= 15 is 0 Å². The van der Waals surface area contributed by atoms with Crippen molar-refractivity contribution in [1.82, 2.24) is 14.9 Å². The Morgan fingerprint density at radius 3 is 3.00 bits per heavy atom. The van der Waals surface area contributed by atoms with E-state index in [1.165, 1.54) is 0 Å². The Morgan fingerprint density at radius 1 is 1.25 bits per heavy atom. The molecule has 134 valence electrons. The molecule has 24 heavy (non-hydrogen) atoms. The van der Waals surface area contributed by atoms with Crippen LogP contribution in [0.25, 0.3) is 0 Å². The van der Waals surface area contributed by atoms with E-state index in [1.54, 1.807) is 0 Å². The quantitative estimate of drug-likeness (QED) is 0.790. The van der Waals surface area contributed by atoms with Gasteiger partial charge in [-0.05, 0) is 32.3 Å². The van der Waals surface area contributed by atoms with Crippen LogP contribution in [0.2, 0.25) is 0 Å². The predicted octanol–water partition coefficient (Wildman–Crippen LogP) is 1.75. The third kappa shape index (κ3) is 4.88. The number of hydrogen-bond acceptors (Lipinski definition) is 6. The minimum atomic E-state index is 0.250. The first kappa shape index (κ1) is 17.6. The summed E-state index contributed by atoms with van der Waals surface area (Å²) in [5.74, 6) is 1.88. The van der Waals surface area contributed by atoms with Crippen LogP contribution in [0, 0.1) is 0 Å². The van der Waals surface area contributed by atoms with E-state index in [2.05, 4.69) is 33.7 Å². The first-order chi connectivity index (χ1) is 11.7. The minimum Gasteiger partial charge on any atom is -0.380 e.